The minimum absolute atomic E-state index is 0.0322. The number of hydrogen-bond donors (Lipinski definition) is 0. The minimum atomic E-state index is -0.124. The molecule has 0 bridgehead atoms. The van der Waals surface area contributed by atoms with E-state index in [0.29, 0.717) is 32.5 Å². The van der Waals surface area contributed by atoms with Crippen molar-refractivity contribution in [3.63, 3.8) is 0 Å². The Kier molecular flexibility index (Phi) is 5.02. The SMILES string of the molecule is CC=CC(=O)N1CCC(C(=O)OCC)CC1. The second kappa shape index (κ2) is 6.30. The van der Waals surface area contributed by atoms with Crippen LogP contribution in [0.15, 0.2) is 12.2 Å². The zero-order valence-corrected chi connectivity index (χ0v) is 9.94. The van der Waals surface area contributed by atoms with Crippen molar-refractivity contribution < 1.29 is 14.3 Å². The van der Waals surface area contributed by atoms with Crippen molar-refractivity contribution in [1.29, 1.82) is 0 Å². The van der Waals surface area contributed by atoms with Gasteiger partial charge in [-0.25, -0.2) is 0 Å². The summed E-state index contributed by atoms with van der Waals surface area (Å²) in [5.74, 6) is -0.125. The van der Waals surface area contributed by atoms with E-state index in [-0.39, 0.29) is 17.8 Å². The van der Waals surface area contributed by atoms with Crippen LogP contribution in [0.25, 0.3) is 0 Å². The van der Waals surface area contributed by atoms with E-state index in [1.165, 1.54) is 0 Å². The molecular weight excluding hydrogens is 206 g/mol. The fraction of sp³-hybridized carbons (Fsp3) is 0.667. The number of piperidine rings is 1. The van der Waals surface area contributed by atoms with Crippen molar-refractivity contribution in [1.82, 2.24) is 4.90 Å². The second-order valence-corrected chi connectivity index (χ2v) is 3.85. The lowest BCUT2D eigenvalue weighted by Gasteiger charge is -2.30. The Balaban J connectivity index is 2.39. The Morgan fingerprint density at radius 3 is 2.50 bits per heavy atom. The van der Waals surface area contributed by atoms with Gasteiger partial charge in [-0.1, -0.05) is 6.08 Å². The zero-order chi connectivity index (χ0) is 12.0. The van der Waals surface area contributed by atoms with E-state index < -0.39 is 0 Å². The molecule has 0 aromatic rings. The van der Waals surface area contributed by atoms with E-state index in [1.54, 1.807) is 17.1 Å². The molecule has 0 spiro atoms. The van der Waals surface area contributed by atoms with Gasteiger partial charge in [-0.3, -0.25) is 9.59 Å². The maximum atomic E-state index is 11.5. The third-order valence-corrected chi connectivity index (χ3v) is 2.74. The second-order valence-electron chi connectivity index (χ2n) is 3.85. The number of esters is 1. The molecule has 0 atom stereocenters. The number of ether oxygens (including phenoxy) is 1. The van der Waals surface area contributed by atoms with Crippen molar-refractivity contribution >= 4 is 11.9 Å². The Morgan fingerprint density at radius 1 is 1.38 bits per heavy atom. The first-order chi connectivity index (χ1) is 7.69. The molecular formula is C12H19NO3. The van der Waals surface area contributed by atoms with Crippen molar-refractivity contribution in [2.75, 3.05) is 19.7 Å². The third kappa shape index (κ3) is 3.36. The van der Waals surface area contributed by atoms with Gasteiger partial charge >= 0.3 is 5.97 Å². The molecule has 0 aliphatic carbocycles. The lowest BCUT2D eigenvalue weighted by Crippen LogP contribution is -2.39. The average Bonchev–Trinajstić information content (AvgIpc) is 2.30. The van der Waals surface area contributed by atoms with Gasteiger partial charge in [0.05, 0.1) is 12.5 Å². The maximum absolute atomic E-state index is 11.5. The van der Waals surface area contributed by atoms with Gasteiger partial charge in [0.1, 0.15) is 0 Å². The van der Waals surface area contributed by atoms with Crippen LogP contribution in [0.1, 0.15) is 26.7 Å². The van der Waals surface area contributed by atoms with E-state index in [1.807, 2.05) is 13.8 Å². The number of carbonyl (C=O) groups excluding carboxylic acids is 2. The number of rotatable bonds is 3. The molecule has 1 aliphatic heterocycles. The van der Waals surface area contributed by atoms with Gasteiger partial charge < -0.3 is 9.64 Å². The molecule has 1 aliphatic rings. The zero-order valence-electron chi connectivity index (χ0n) is 9.94. The van der Waals surface area contributed by atoms with Gasteiger partial charge in [0.2, 0.25) is 5.91 Å². The van der Waals surface area contributed by atoms with Crippen LogP contribution in [-0.2, 0) is 14.3 Å². The largest absolute Gasteiger partial charge is 0.466 e. The summed E-state index contributed by atoms with van der Waals surface area (Å²) in [5.41, 5.74) is 0. The molecule has 0 saturated carbocycles. The predicted octanol–water partition coefficient (Wildman–Crippen LogP) is 1.36. The van der Waals surface area contributed by atoms with Crippen LogP contribution in [0, 0.1) is 5.92 Å². The predicted molar refractivity (Wildman–Crippen MR) is 60.8 cm³/mol. The van der Waals surface area contributed by atoms with Gasteiger partial charge in [-0.15, -0.1) is 0 Å². The molecule has 1 amide bonds. The molecule has 0 aromatic heterocycles. The third-order valence-electron chi connectivity index (χ3n) is 2.74. The monoisotopic (exact) mass is 225 g/mol. The van der Waals surface area contributed by atoms with Crippen molar-refractivity contribution in [2.45, 2.75) is 26.7 Å². The number of likely N-dealkylation sites (tertiary alicyclic amines) is 1. The number of nitrogens with zero attached hydrogens (tertiary/aromatic N) is 1. The molecule has 4 heteroatoms. The van der Waals surface area contributed by atoms with Crippen LogP contribution in [0.5, 0.6) is 0 Å². The van der Waals surface area contributed by atoms with Crippen LogP contribution in [0.4, 0.5) is 0 Å². The summed E-state index contributed by atoms with van der Waals surface area (Å²) in [5, 5.41) is 0. The average molecular weight is 225 g/mol. The highest BCUT2D eigenvalue weighted by molar-refractivity contribution is 5.87. The number of carbonyl (C=O) groups is 2. The summed E-state index contributed by atoms with van der Waals surface area (Å²) in [6.45, 7) is 5.35. The van der Waals surface area contributed by atoms with E-state index in [2.05, 4.69) is 0 Å². The van der Waals surface area contributed by atoms with Crippen molar-refractivity contribution in [3.8, 4) is 0 Å². The molecule has 0 N–H and O–H groups in total. The molecule has 0 aromatic carbocycles. The van der Waals surface area contributed by atoms with E-state index >= 15 is 0 Å². The quantitative estimate of drug-likeness (QED) is 0.538. The molecule has 1 heterocycles. The van der Waals surface area contributed by atoms with Crippen LogP contribution in [-0.4, -0.2) is 36.5 Å². The van der Waals surface area contributed by atoms with Crippen LogP contribution in [0.2, 0.25) is 0 Å². The van der Waals surface area contributed by atoms with Gasteiger partial charge in [0.25, 0.3) is 0 Å². The molecule has 0 radical (unpaired) electrons. The van der Waals surface area contributed by atoms with Gasteiger partial charge in [-0.05, 0) is 32.8 Å². The fourth-order valence-electron chi connectivity index (χ4n) is 1.84. The smallest absolute Gasteiger partial charge is 0.309 e. The topological polar surface area (TPSA) is 46.6 Å². The van der Waals surface area contributed by atoms with Crippen LogP contribution < -0.4 is 0 Å². The Labute approximate surface area is 96.3 Å². The number of allylic oxidation sites excluding steroid dienone is 1. The highest BCUT2D eigenvalue weighted by Gasteiger charge is 2.27. The van der Waals surface area contributed by atoms with E-state index in [9.17, 15) is 9.59 Å². The molecule has 1 saturated heterocycles. The first-order valence-corrected chi connectivity index (χ1v) is 5.77. The maximum Gasteiger partial charge on any atom is 0.309 e. The Hall–Kier alpha value is -1.32. The van der Waals surface area contributed by atoms with Gasteiger partial charge in [-0.2, -0.15) is 0 Å². The first-order valence-electron chi connectivity index (χ1n) is 5.77. The van der Waals surface area contributed by atoms with E-state index in [0.717, 1.165) is 0 Å². The molecule has 1 rings (SSSR count). The lowest BCUT2D eigenvalue weighted by molar-refractivity contribution is -0.150. The highest BCUT2D eigenvalue weighted by Crippen LogP contribution is 2.18. The number of hydrogen-bond acceptors (Lipinski definition) is 3. The number of amides is 1. The van der Waals surface area contributed by atoms with Crippen LogP contribution in [0.3, 0.4) is 0 Å². The fourth-order valence-corrected chi connectivity index (χ4v) is 1.84. The summed E-state index contributed by atoms with van der Waals surface area (Å²) in [4.78, 5) is 24.8. The first kappa shape index (κ1) is 12.7. The van der Waals surface area contributed by atoms with Crippen molar-refractivity contribution in [2.24, 2.45) is 5.92 Å². The summed E-state index contributed by atoms with van der Waals surface area (Å²) in [6, 6.07) is 0. The van der Waals surface area contributed by atoms with E-state index in [4.69, 9.17) is 4.74 Å². The van der Waals surface area contributed by atoms with Gasteiger partial charge in [0, 0.05) is 13.1 Å². The standard InChI is InChI=1S/C12H19NO3/c1-3-5-11(14)13-8-6-10(7-9-13)12(15)16-4-2/h3,5,10H,4,6-9H2,1-2H3. The van der Waals surface area contributed by atoms with Crippen LogP contribution >= 0.6 is 0 Å². The molecule has 4 nitrogen and oxygen atoms in total. The highest BCUT2D eigenvalue weighted by atomic mass is 16.5. The lowest BCUT2D eigenvalue weighted by atomic mass is 9.97. The normalized spacial score (nSPS) is 17.8. The Bertz CT molecular complexity index is 278. The Morgan fingerprint density at radius 2 is 2.00 bits per heavy atom. The van der Waals surface area contributed by atoms with Gasteiger partial charge in [0.15, 0.2) is 0 Å². The molecule has 90 valence electrons. The summed E-state index contributed by atoms with van der Waals surface area (Å²) < 4.78 is 4.97. The molecule has 1 fully saturated rings. The molecule has 0 unspecified atom stereocenters. The summed E-state index contributed by atoms with van der Waals surface area (Å²) in [6.07, 6.45) is 4.72. The summed E-state index contributed by atoms with van der Waals surface area (Å²) in [7, 11) is 0. The van der Waals surface area contributed by atoms with Crippen molar-refractivity contribution in [3.05, 3.63) is 12.2 Å². The molecule has 16 heavy (non-hydrogen) atoms. The minimum Gasteiger partial charge on any atom is -0.466 e. The summed E-state index contributed by atoms with van der Waals surface area (Å²) >= 11 is 0.